The van der Waals surface area contributed by atoms with E-state index in [0.717, 1.165) is 5.57 Å². The van der Waals surface area contributed by atoms with Gasteiger partial charge in [-0.2, -0.15) is 0 Å². The number of amides is 1. The van der Waals surface area contributed by atoms with E-state index in [1.165, 1.54) is 4.90 Å². The minimum atomic E-state index is -1.09. The molecular formula is C28H29BN2O7. The van der Waals surface area contributed by atoms with Crippen LogP contribution in [0.5, 0.6) is 11.5 Å². The second kappa shape index (κ2) is 12.3. The number of hydrogen-bond donors (Lipinski definition) is 1. The molecule has 0 radical (unpaired) electrons. The van der Waals surface area contributed by atoms with Gasteiger partial charge in [0.2, 0.25) is 5.91 Å². The largest absolute Gasteiger partial charge is 0.636 e. The molecule has 1 saturated heterocycles. The Morgan fingerprint density at radius 2 is 1.66 bits per heavy atom. The van der Waals surface area contributed by atoms with Gasteiger partial charge in [-0.05, 0) is 67.9 Å². The lowest BCUT2D eigenvalue weighted by Crippen LogP contribution is -2.47. The summed E-state index contributed by atoms with van der Waals surface area (Å²) in [6.45, 7) is 4.20. The van der Waals surface area contributed by atoms with E-state index >= 15 is 0 Å². The van der Waals surface area contributed by atoms with Crippen molar-refractivity contribution in [2.24, 2.45) is 5.73 Å². The molecule has 0 bridgehead atoms. The molecule has 4 rings (SSSR count). The van der Waals surface area contributed by atoms with E-state index in [1.807, 2.05) is 18.2 Å². The predicted molar refractivity (Wildman–Crippen MR) is 142 cm³/mol. The van der Waals surface area contributed by atoms with Gasteiger partial charge in [-0.1, -0.05) is 30.9 Å². The summed E-state index contributed by atoms with van der Waals surface area (Å²) in [6, 6.07) is 13.6. The third kappa shape index (κ3) is 7.36. The molecule has 1 aliphatic carbocycles. The summed E-state index contributed by atoms with van der Waals surface area (Å²) in [7, 11) is 0.553. The Morgan fingerprint density at radius 1 is 1.03 bits per heavy atom. The number of allylic oxidation sites excluding steroid dienone is 3. The van der Waals surface area contributed by atoms with Crippen molar-refractivity contribution in [3.05, 3.63) is 90.2 Å². The molecule has 1 amide bonds. The molecule has 1 heterocycles. The molecular weight excluding hydrogens is 487 g/mol. The van der Waals surface area contributed by atoms with E-state index in [-0.39, 0.29) is 19.2 Å². The minimum Gasteiger partial charge on any atom is -0.494 e. The summed E-state index contributed by atoms with van der Waals surface area (Å²) in [5, 5.41) is 0. The Bertz CT molecular complexity index is 1230. The average Bonchev–Trinajstić information content (AvgIpc) is 2.95. The average molecular weight is 516 g/mol. The lowest BCUT2D eigenvalue weighted by molar-refractivity contribution is -0.145. The molecule has 2 aliphatic rings. The van der Waals surface area contributed by atoms with Crippen molar-refractivity contribution < 1.29 is 33.2 Å². The van der Waals surface area contributed by atoms with Crippen molar-refractivity contribution in [2.45, 2.75) is 25.4 Å². The highest BCUT2D eigenvalue weighted by atomic mass is 16.6. The van der Waals surface area contributed by atoms with Gasteiger partial charge in [-0.15, -0.1) is 0 Å². The Labute approximate surface area is 221 Å². The molecule has 2 aromatic carbocycles. The molecule has 0 saturated carbocycles. The first-order chi connectivity index (χ1) is 18.3. The summed E-state index contributed by atoms with van der Waals surface area (Å²) in [4.78, 5) is 36.9. The maximum Gasteiger partial charge on any atom is 0.636 e. The number of nitrogens with two attached hydrogens (primary N) is 1. The molecule has 2 aromatic rings. The highest BCUT2D eigenvalue weighted by Crippen LogP contribution is 2.25. The number of rotatable bonds is 6. The Kier molecular flexibility index (Phi) is 8.65. The third-order valence-electron chi connectivity index (χ3n) is 6.00. The molecule has 196 valence electrons. The van der Waals surface area contributed by atoms with Crippen LogP contribution in [0.3, 0.4) is 0 Å². The van der Waals surface area contributed by atoms with Crippen LogP contribution in [0, 0.1) is 0 Å². The Morgan fingerprint density at radius 3 is 2.29 bits per heavy atom. The molecule has 1 atom stereocenters. The number of carbonyl (C=O) groups is 3. The molecule has 10 heteroatoms. The van der Waals surface area contributed by atoms with E-state index in [1.54, 1.807) is 55.6 Å². The minimum absolute atomic E-state index is 0.0104. The maximum atomic E-state index is 12.0. The summed E-state index contributed by atoms with van der Waals surface area (Å²) in [5.41, 5.74) is 7.07. The van der Waals surface area contributed by atoms with Crippen LogP contribution in [0.4, 0.5) is 0 Å². The van der Waals surface area contributed by atoms with Gasteiger partial charge in [-0.25, -0.2) is 0 Å². The molecule has 1 fully saturated rings. The van der Waals surface area contributed by atoms with Crippen LogP contribution in [0.25, 0.3) is 0 Å². The number of hydrogen-bond acceptors (Lipinski definition) is 8. The molecule has 0 spiro atoms. The van der Waals surface area contributed by atoms with Gasteiger partial charge in [-0.3, -0.25) is 19.3 Å². The zero-order chi connectivity index (χ0) is 27.1. The quantitative estimate of drug-likeness (QED) is 0.583. The third-order valence-corrected chi connectivity index (χ3v) is 6.00. The van der Waals surface area contributed by atoms with Gasteiger partial charge < -0.3 is 24.5 Å². The fourth-order valence-electron chi connectivity index (χ4n) is 3.97. The fourth-order valence-corrected chi connectivity index (χ4v) is 3.97. The van der Waals surface area contributed by atoms with E-state index in [4.69, 9.17) is 24.5 Å². The number of benzene rings is 2. The summed E-state index contributed by atoms with van der Waals surface area (Å²) >= 11 is 0. The number of likely N-dealkylation sites (N-methyl/N-ethyl adjacent to an activating group) is 1. The first kappa shape index (κ1) is 26.7. The monoisotopic (exact) mass is 516 g/mol. The van der Waals surface area contributed by atoms with Gasteiger partial charge in [0.25, 0.3) is 0 Å². The molecule has 2 N–H and O–H groups in total. The van der Waals surface area contributed by atoms with Crippen LogP contribution in [0.2, 0.25) is 0 Å². The maximum absolute atomic E-state index is 12.0. The number of ether oxygens (including phenoxy) is 2. The lowest BCUT2D eigenvalue weighted by atomic mass is 9.78. The van der Waals surface area contributed by atoms with Gasteiger partial charge in [0.15, 0.2) is 0 Å². The van der Waals surface area contributed by atoms with Crippen LogP contribution in [0.15, 0.2) is 84.7 Å². The summed E-state index contributed by atoms with van der Waals surface area (Å²) in [6.07, 6.45) is 7.69. The number of nitrogens with zero attached hydrogens (tertiary/aromatic N) is 1. The lowest BCUT2D eigenvalue weighted by Gasteiger charge is -2.23. The van der Waals surface area contributed by atoms with Crippen molar-refractivity contribution in [1.82, 2.24) is 4.90 Å². The van der Waals surface area contributed by atoms with Crippen molar-refractivity contribution in [3.8, 4) is 11.5 Å². The normalized spacial score (nSPS) is 19.9. The second-order valence-corrected chi connectivity index (χ2v) is 9.12. The molecule has 1 aliphatic heterocycles. The van der Waals surface area contributed by atoms with E-state index < -0.39 is 25.0 Å². The first-order valence-corrected chi connectivity index (χ1v) is 12.2. The summed E-state index contributed by atoms with van der Waals surface area (Å²) < 4.78 is 22.8. The molecule has 0 unspecified atom stereocenters. The number of carbonyl (C=O) groups excluding carboxylic acids is 3. The van der Waals surface area contributed by atoms with Crippen molar-refractivity contribution in [2.75, 3.05) is 20.1 Å². The predicted octanol–water partition coefficient (Wildman–Crippen LogP) is 2.52. The van der Waals surface area contributed by atoms with E-state index in [9.17, 15) is 14.4 Å². The van der Waals surface area contributed by atoms with Gasteiger partial charge >= 0.3 is 19.1 Å². The smallest absolute Gasteiger partial charge is 0.494 e. The van der Waals surface area contributed by atoms with Gasteiger partial charge in [0.1, 0.15) is 23.4 Å². The van der Waals surface area contributed by atoms with Crippen molar-refractivity contribution in [1.29, 1.82) is 0 Å². The highest BCUT2D eigenvalue weighted by molar-refractivity contribution is 6.64. The van der Waals surface area contributed by atoms with E-state index in [2.05, 4.69) is 6.58 Å². The topological polar surface area (TPSA) is 117 Å². The van der Waals surface area contributed by atoms with Crippen molar-refractivity contribution >= 4 is 30.4 Å². The number of primary amides is 1. The van der Waals surface area contributed by atoms with Gasteiger partial charge in [0.05, 0.1) is 13.1 Å². The van der Waals surface area contributed by atoms with Crippen LogP contribution < -0.4 is 20.7 Å². The zero-order valence-corrected chi connectivity index (χ0v) is 21.1. The first-order valence-electron chi connectivity index (χ1n) is 12.2. The van der Waals surface area contributed by atoms with Crippen LogP contribution >= 0.6 is 0 Å². The van der Waals surface area contributed by atoms with E-state index in [0.29, 0.717) is 47.5 Å². The summed E-state index contributed by atoms with van der Waals surface area (Å²) in [5.74, 6) is 0.415. The van der Waals surface area contributed by atoms with Crippen LogP contribution in [-0.2, 0) is 18.9 Å². The van der Waals surface area contributed by atoms with Crippen molar-refractivity contribution in [3.63, 3.8) is 0 Å². The zero-order valence-electron chi connectivity index (χ0n) is 21.1. The second-order valence-electron chi connectivity index (χ2n) is 9.12. The van der Waals surface area contributed by atoms with Gasteiger partial charge in [0, 0.05) is 17.4 Å². The standard InChI is InChI=1S/C28H29BN2O7/c1-19-7-12-22(5-3-4-6-25(19)36-24-13-8-20(9-14-24)28(30)34)35-23-15-10-21(11-16-23)29-37-26(32)17-31(2)18-27(33)38-29/h3-4,6,8-11,13-16,22H,1,5,7,12,17-18H2,2H3,(H2,30,34)/b4-3-,25-6?/t22-/m0/s1. The van der Waals surface area contributed by atoms with Crippen LogP contribution in [0.1, 0.15) is 29.6 Å². The van der Waals surface area contributed by atoms with Crippen LogP contribution in [-0.4, -0.2) is 56.1 Å². The SMILES string of the molecule is C=C1CC[C@@H](Oc2ccc(B3OC(=O)CN(C)CC(=O)O3)cc2)C/C=C\C=C1Oc1ccc(C(N)=O)cc1. The Balaban J connectivity index is 1.34. The highest BCUT2D eigenvalue weighted by Gasteiger charge is 2.33. The molecule has 0 aromatic heterocycles. The fraction of sp³-hybridized carbons (Fsp3) is 0.250. The molecule has 9 nitrogen and oxygen atoms in total. The Hall–Kier alpha value is -4.31. The molecule has 38 heavy (non-hydrogen) atoms.